The summed E-state index contributed by atoms with van der Waals surface area (Å²) in [7, 11) is 2.93. The van der Waals surface area contributed by atoms with Crippen LogP contribution in [0.3, 0.4) is 0 Å². The fourth-order valence-corrected chi connectivity index (χ4v) is 2.96. The number of hydrogen-bond acceptors (Lipinski definition) is 2. The number of halogens is 3. The van der Waals surface area contributed by atoms with Crippen molar-refractivity contribution in [3.63, 3.8) is 0 Å². The zero-order chi connectivity index (χ0) is 18.0. The fraction of sp³-hybridized carbons (Fsp3) is 0.100. The van der Waals surface area contributed by atoms with Gasteiger partial charge in [0.15, 0.2) is 0 Å². The molecule has 128 valence electrons. The predicted octanol–water partition coefficient (Wildman–Crippen LogP) is 5.97. The lowest BCUT2D eigenvalue weighted by molar-refractivity contribution is 0.398. The summed E-state index contributed by atoms with van der Waals surface area (Å²) in [5.74, 6) is -0.256. The van der Waals surface area contributed by atoms with Crippen LogP contribution in [-0.4, -0.2) is 14.2 Å². The Morgan fingerprint density at radius 2 is 1.48 bits per heavy atom. The highest BCUT2D eigenvalue weighted by Gasteiger charge is 2.22. The van der Waals surface area contributed by atoms with Gasteiger partial charge in [0, 0.05) is 16.7 Å². The first-order chi connectivity index (χ1) is 12.1. The highest BCUT2D eigenvalue weighted by Crippen LogP contribution is 2.46. The number of benzene rings is 3. The first kappa shape index (κ1) is 17.2. The van der Waals surface area contributed by atoms with Gasteiger partial charge in [-0.2, -0.15) is 0 Å². The van der Waals surface area contributed by atoms with Crippen LogP contribution in [0.25, 0.3) is 22.3 Å². The van der Waals surface area contributed by atoms with Gasteiger partial charge in [-0.05, 0) is 24.3 Å². The molecule has 3 aromatic carbocycles. The molecule has 0 aromatic heterocycles. The normalized spacial score (nSPS) is 10.6. The lowest BCUT2D eigenvalue weighted by atomic mass is 9.95. The van der Waals surface area contributed by atoms with Gasteiger partial charge < -0.3 is 9.47 Å². The number of ether oxygens (including phenoxy) is 2. The zero-order valence-corrected chi connectivity index (χ0v) is 14.4. The van der Waals surface area contributed by atoms with E-state index in [4.69, 9.17) is 21.1 Å². The Morgan fingerprint density at radius 3 is 2.16 bits per heavy atom. The Balaban J connectivity index is 2.35. The first-order valence-electron chi connectivity index (χ1n) is 7.52. The third-order valence-corrected chi connectivity index (χ3v) is 4.22. The van der Waals surface area contributed by atoms with E-state index in [1.165, 1.54) is 26.4 Å². The molecule has 25 heavy (non-hydrogen) atoms. The summed E-state index contributed by atoms with van der Waals surface area (Å²) in [6.45, 7) is 0. The van der Waals surface area contributed by atoms with Crippen LogP contribution in [0, 0.1) is 11.6 Å². The summed E-state index contributed by atoms with van der Waals surface area (Å²) in [5.41, 5.74) is 1.45. The van der Waals surface area contributed by atoms with Gasteiger partial charge in [-0.3, -0.25) is 0 Å². The molecule has 0 aliphatic heterocycles. The molecule has 0 spiro atoms. The molecule has 2 nitrogen and oxygen atoms in total. The molecule has 3 rings (SSSR count). The molecular formula is C20H15ClF2O2. The molecule has 5 heteroatoms. The van der Waals surface area contributed by atoms with E-state index in [2.05, 4.69) is 0 Å². The lowest BCUT2D eigenvalue weighted by Gasteiger charge is -2.18. The molecule has 0 unspecified atom stereocenters. The second-order valence-corrected chi connectivity index (χ2v) is 5.71. The SMILES string of the molecule is COc1ccc(-c2cccc(Cl)c2F)c(OC)c1-c1ccccc1F. The van der Waals surface area contributed by atoms with E-state index >= 15 is 0 Å². The topological polar surface area (TPSA) is 18.5 Å². The van der Waals surface area contributed by atoms with Crippen molar-refractivity contribution in [1.29, 1.82) is 0 Å². The van der Waals surface area contributed by atoms with Crippen LogP contribution >= 0.6 is 11.6 Å². The monoisotopic (exact) mass is 360 g/mol. The molecule has 0 aliphatic carbocycles. The van der Waals surface area contributed by atoms with Crippen LogP contribution in [0.4, 0.5) is 8.78 Å². The summed E-state index contributed by atoms with van der Waals surface area (Å²) in [4.78, 5) is 0. The van der Waals surface area contributed by atoms with Gasteiger partial charge in [0.2, 0.25) is 0 Å². The number of rotatable bonds is 4. The van der Waals surface area contributed by atoms with Crippen LogP contribution in [0.5, 0.6) is 11.5 Å². The van der Waals surface area contributed by atoms with Crippen LogP contribution in [0.2, 0.25) is 5.02 Å². The van der Waals surface area contributed by atoms with Crippen molar-refractivity contribution in [3.05, 3.63) is 71.3 Å². The molecule has 0 saturated heterocycles. The smallest absolute Gasteiger partial charge is 0.149 e. The molecule has 0 amide bonds. The van der Waals surface area contributed by atoms with E-state index in [1.54, 1.807) is 42.5 Å². The minimum absolute atomic E-state index is 0.00260. The molecule has 0 atom stereocenters. The highest BCUT2D eigenvalue weighted by molar-refractivity contribution is 6.31. The van der Waals surface area contributed by atoms with Crippen LogP contribution < -0.4 is 9.47 Å². The average molecular weight is 361 g/mol. The second-order valence-electron chi connectivity index (χ2n) is 5.30. The molecule has 0 N–H and O–H groups in total. The van der Waals surface area contributed by atoms with Gasteiger partial charge in [0.25, 0.3) is 0 Å². The largest absolute Gasteiger partial charge is 0.496 e. The van der Waals surface area contributed by atoms with Gasteiger partial charge in [-0.1, -0.05) is 41.9 Å². The molecule has 0 fully saturated rings. The summed E-state index contributed by atoms with van der Waals surface area (Å²) in [5, 5.41) is 0.00260. The Kier molecular flexibility index (Phi) is 4.91. The van der Waals surface area contributed by atoms with Crippen molar-refractivity contribution in [2.24, 2.45) is 0 Å². The molecule has 0 bridgehead atoms. The van der Waals surface area contributed by atoms with Gasteiger partial charge in [-0.25, -0.2) is 8.78 Å². The fourth-order valence-electron chi connectivity index (χ4n) is 2.79. The maximum absolute atomic E-state index is 14.5. The predicted molar refractivity (Wildman–Crippen MR) is 95.3 cm³/mol. The molecule has 0 aliphatic rings. The summed E-state index contributed by atoms with van der Waals surface area (Å²) in [6.07, 6.45) is 0. The van der Waals surface area contributed by atoms with E-state index in [1.807, 2.05) is 0 Å². The van der Waals surface area contributed by atoms with Crippen LogP contribution in [0.1, 0.15) is 0 Å². The van der Waals surface area contributed by atoms with Gasteiger partial charge >= 0.3 is 0 Å². The van der Waals surface area contributed by atoms with Crippen molar-refractivity contribution in [2.75, 3.05) is 14.2 Å². The van der Waals surface area contributed by atoms with Gasteiger partial charge in [-0.15, -0.1) is 0 Å². The highest BCUT2D eigenvalue weighted by atomic mass is 35.5. The van der Waals surface area contributed by atoms with Crippen molar-refractivity contribution in [1.82, 2.24) is 0 Å². The summed E-state index contributed by atoms with van der Waals surface area (Å²) < 4.78 is 39.8. The van der Waals surface area contributed by atoms with E-state index in [9.17, 15) is 8.78 Å². The minimum Gasteiger partial charge on any atom is -0.496 e. The van der Waals surface area contributed by atoms with Crippen LogP contribution in [-0.2, 0) is 0 Å². The van der Waals surface area contributed by atoms with E-state index in [0.29, 0.717) is 28.2 Å². The average Bonchev–Trinajstić information content (AvgIpc) is 2.63. The number of methoxy groups -OCH3 is 2. The molecule has 3 aromatic rings. The minimum atomic E-state index is -0.563. The zero-order valence-electron chi connectivity index (χ0n) is 13.6. The van der Waals surface area contributed by atoms with E-state index in [0.717, 1.165) is 0 Å². The standard InChI is InChI=1S/C20H15ClF2O2/c1-24-17-11-10-13(12-7-5-8-15(21)19(12)23)20(25-2)18(17)14-6-3-4-9-16(14)22/h3-11H,1-2H3. The van der Waals surface area contributed by atoms with Crippen molar-refractivity contribution in [2.45, 2.75) is 0 Å². The van der Waals surface area contributed by atoms with Crippen molar-refractivity contribution >= 4 is 11.6 Å². The van der Waals surface area contributed by atoms with E-state index < -0.39 is 11.6 Å². The molecule has 0 saturated carbocycles. The maximum atomic E-state index is 14.5. The van der Waals surface area contributed by atoms with Gasteiger partial charge in [0.1, 0.15) is 23.1 Å². The summed E-state index contributed by atoms with van der Waals surface area (Å²) in [6, 6.07) is 14.3. The second kappa shape index (κ2) is 7.11. The number of hydrogen-bond donors (Lipinski definition) is 0. The maximum Gasteiger partial charge on any atom is 0.149 e. The molecular weight excluding hydrogens is 346 g/mol. The third-order valence-electron chi connectivity index (χ3n) is 3.93. The summed E-state index contributed by atoms with van der Waals surface area (Å²) >= 11 is 5.90. The quantitative estimate of drug-likeness (QED) is 0.570. The Hall–Kier alpha value is -2.59. The van der Waals surface area contributed by atoms with Crippen LogP contribution in [0.15, 0.2) is 54.6 Å². The van der Waals surface area contributed by atoms with Gasteiger partial charge in [0.05, 0.1) is 24.8 Å². The molecule has 0 heterocycles. The lowest BCUT2D eigenvalue weighted by Crippen LogP contribution is -1.98. The van der Waals surface area contributed by atoms with Crippen molar-refractivity contribution < 1.29 is 18.3 Å². The Labute approximate surface area is 149 Å². The first-order valence-corrected chi connectivity index (χ1v) is 7.90. The van der Waals surface area contributed by atoms with Crippen molar-refractivity contribution in [3.8, 4) is 33.8 Å². The third kappa shape index (κ3) is 3.05. The van der Waals surface area contributed by atoms with E-state index in [-0.39, 0.29) is 10.6 Å². The molecule has 0 radical (unpaired) electrons. The Morgan fingerprint density at radius 1 is 0.760 bits per heavy atom. The Bertz CT molecular complexity index is 926.